The van der Waals surface area contributed by atoms with E-state index in [4.69, 9.17) is 0 Å². The molecule has 4 aromatic rings. The van der Waals surface area contributed by atoms with Crippen LogP contribution in [0.25, 0.3) is 22.0 Å². The zero-order valence-electron chi connectivity index (χ0n) is 17.6. The first-order valence-electron chi connectivity index (χ1n) is 10.6. The Balaban J connectivity index is 1.42. The summed E-state index contributed by atoms with van der Waals surface area (Å²) in [5.41, 5.74) is 5.53. The highest BCUT2D eigenvalue weighted by Crippen LogP contribution is 2.31. The molecule has 1 aromatic heterocycles. The number of rotatable bonds is 4. The molecule has 5 heteroatoms. The highest BCUT2D eigenvalue weighted by molar-refractivity contribution is 5.95. The van der Waals surface area contributed by atoms with E-state index in [1.54, 1.807) is 18.3 Å². The van der Waals surface area contributed by atoms with Crippen molar-refractivity contribution < 1.29 is 4.39 Å². The van der Waals surface area contributed by atoms with Crippen molar-refractivity contribution in [2.45, 2.75) is 0 Å². The second kappa shape index (κ2) is 8.36. The molecular formula is C26H25FN4. The smallest absolute Gasteiger partial charge is 0.131 e. The van der Waals surface area contributed by atoms with Gasteiger partial charge in [-0.05, 0) is 61.1 Å². The number of pyridine rings is 1. The molecule has 0 bridgehead atoms. The Bertz CT molecular complexity index is 1200. The molecule has 0 aliphatic carbocycles. The van der Waals surface area contributed by atoms with E-state index in [1.165, 1.54) is 11.8 Å². The van der Waals surface area contributed by atoms with Gasteiger partial charge in [-0.3, -0.25) is 4.98 Å². The standard InChI is InChI=1S/C26H25FN4/c1-30-14-16-31(17-15-30)21-9-7-20(8-10-21)29-26-12-13-28-25-11-6-19(18-23(25)26)22-4-2-3-5-24(22)27/h2-13,18H,14-17H2,1H3,(H,28,29). The van der Waals surface area contributed by atoms with Gasteiger partial charge < -0.3 is 15.1 Å². The van der Waals surface area contributed by atoms with Crippen LogP contribution >= 0.6 is 0 Å². The monoisotopic (exact) mass is 412 g/mol. The fraction of sp³-hybridized carbons (Fsp3) is 0.192. The maximum Gasteiger partial charge on any atom is 0.131 e. The normalized spacial score (nSPS) is 14.7. The molecule has 1 fully saturated rings. The lowest BCUT2D eigenvalue weighted by Gasteiger charge is -2.34. The number of nitrogens with one attached hydrogen (secondary N) is 1. The van der Waals surface area contributed by atoms with E-state index in [1.807, 2.05) is 30.3 Å². The molecule has 31 heavy (non-hydrogen) atoms. The second-order valence-electron chi connectivity index (χ2n) is 8.03. The zero-order valence-corrected chi connectivity index (χ0v) is 17.6. The lowest BCUT2D eigenvalue weighted by atomic mass is 10.0. The van der Waals surface area contributed by atoms with Crippen molar-refractivity contribution in [2.24, 2.45) is 0 Å². The van der Waals surface area contributed by atoms with Gasteiger partial charge in [-0.25, -0.2) is 4.39 Å². The molecule has 3 aromatic carbocycles. The van der Waals surface area contributed by atoms with Crippen molar-refractivity contribution in [3.05, 3.63) is 84.8 Å². The van der Waals surface area contributed by atoms with Crippen LogP contribution in [0.1, 0.15) is 0 Å². The molecule has 156 valence electrons. The molecular weight excluding hydrogens is 387 g/mol. The van der Waals surface area contributed by atoms with Crippen molar-refractivity contribution in [3.63, 3.8) is 0 Å². The Morgan fingerprint density at radius 1 is 0.871 bits per heavy atom. The van der Waals surface area contributed by atoms with Gasteiger partial charge in [0.1, 0.15) is 5.82 Å². The molecule has 0 unspecified atom stereocenters. The number of hydrogen-bond donors (Lipinski definition) is 1. The van der Waals surface area contributed by atoms with Gasteiger partial charge in [0.05, 0.1) is 5.52 Å². The Morgan fingerprint density at radius 2 is 1.65 bits per heavy atom. The molecule has 0 spiro atoms. The number of aromatic nitrogens is 1. The molecule has 1 aliphatic heterocycles. The maximum atomic E-state index is 14.3. The number of hydrogen-bond acceptors (Lipinski definition) is 4. The Morgan fingerprint density at radius 3 is 2.42 bits per heavy atom. The number of anilines is 3. The SMILES string of the molecule is CN1CCN(c2ccc(Nc3ccnc4ccc(-c5ccccc5F)cc34)cc2)CC1. The third-order valence-electron chi connectivity index (χ3n) is 5.94. The topological polar surface area (TPSA) is 31.4 Å². The van der Waals surface area contributed by atoms with E-state index in [-0.39, 0.29) is 5.82 Å². The quantitative estimate of drug-likeness (QED) is 0.477. The molecule has 4 nitrogen and oxygen atoms in total. The van der Waals surface area contributed by atoms with Gasteiger partial charge in [-0.2, -0.15) is 0 Å². The summed E-state index contributed by atoms with van der Waals surface area (Å²) in [6, 6.07) is 23.2. The van der Waals surface area contributed by atoms with Crippen LogP contribution in [0.5, 0.6) is 0 Å². The van der Waals surface area contributed by atoms with Crippen molar-refractivity contribution in [2.75, 3.05) is 43.4 Å². The van der Waals surface area contributed by atoms with Crippen molar-refractivity contribution in [1.82, 2.24) is 9.88 Å². The minimum atomic E-state index is -0.222. The summed E-state index contributed by atoms with van der Waals surface area (Å²) in [7, 11) is 2.17. The Kier molecular flexibility index (Phi) is 5.26. The average molecular weight is 413 g/mol. The number of nitrogens with zero attached hydrogens (tertiary/aromatic N) is 3. The summed E-state index contributed by atoms with van der Waals surface area (Å²) in [6.07, 6.45) is 1.80. The van der Waals surface area contributed by atoms with Crippen molar-refractivity contribution in [3.8, 4) is 11.1 Å². The molecule has 1 saturated heterocycles. The second-order valence-corrected chi connectivity index (χ2v) is 8.03. The first kappa shape index (κ1) is 19.5. The van der Waals surface area contributed by atoms with Crippen LogP contribution in [0.15, 0.2) is 79.0 Å². The van der Waals surface area contributed by atoms with Crippen LogP contribution in [-0.4, -0.2) is 43.1 Å². The van der Waals surface area contributed by atoms with E-state index in [9.17, 15) is 4.39 Å². The molecule has 0 saturated carbocycles. The van der Waals surface area contributed by atoms with Crippen LogP contribution in [0, 0.1) is 5.82 Å². The van der Waals surface area contributed by atoms with Crippen LogP contribution in [0.2, 0.25) is 0 Å². The van der Waals surface area contributed by atoms with Crippen LogP contribution in [-0.2, 0) is 0 Å². The molecule has 1 aliphatic rings. The van der Waals surface area contributed by atoms with Crippen molar-refractivity contribution in [1.29, 1.82) is 0 Å². The van der Waals surface area contributed by atoms with Gasteiger partial charge in [-0.15, -0.1) is 0 Å². The van der Waals surface area contributed by atoms with Gasteiger partial charge in [0.15, 0.2) is 0 Å². The minimum Gasteiger partial charge on any atom is -0.369 e. The lowest BCUT2D eigenvalue weighted by molar-refractivity contribution is 0.313. The number of halogens is 1. The fourth-order valence-electron chi connectivity index (χ4n) is 4.09. The minimum absolute atomic E-state index is 0.222. The Hall–Kier alpha value is -3.44. The third-order valence-corrected chi connectivity index (χ3v) is 5.94. The first-order chi connectivity index (χ1) is 15.2. The van der Waals surface area contributed by atoms with E-state index in [2.05, 4.69) is 51.4 Å². The third kappa shape index (κ3) is 4.09. The van der Waals surface area contributed by atoms with Crippen molar-refractivity contribution >= 4 is 28.0 Å². The van der Waals surface area contributed by atoms with Crippen LogP contribution in [0.4, 0.5) is 21.5 Å². The molecule has 0 amide bonds. The molecule has 0 atom stereocenters. The van der Waals surface area contributed by atoms with Gasteiger partial charge in [0.25, 0.3) is 0 Å². The number of likely N-dealkylation sites (N-methyl/N-ethyl adjacent to an activating group) is 1. The summed E-state index contributed by atoms with van der Waals surface area (Å²) < 4.78 is 14.3. The Labute approximate surface area is 182 Å². The van der Waals surface area contributed by atoms with Gasteiger partial charge >= 0.3 is 0 Å². The molecule has 0 radical (unpaired) electrons. The number of piperazine rings is 1. The summed E-state index contributed by atoms with van der Waals surface area (Å²) in [6.45, 7) is 4.29. The van der Waals surface area contributed by atoms with Gasteiger partial charge in [0.2, 0.25) is 0 Å². The predicted molar refractivity (Wildman–Crippen MR) is 127 cm³/mol. The van der Waals surface area contributed by atoms with Crippen LogP contribution in [0.3, 0.4) is 0 Å². The summed E-state index contributed by atoms with van der Waals surface area (Å²) in [4.78, 5) is 9.26. The molecule has 5 rings (SSSR count). The average Bonchev–Trinajstić information content (AvgIpc) is 2.80. The zero-order chi connectivity index (χ0) is 21.2. The first-order valence-corrected chi connectivity index (χ1v) is 10.6. The molecule has 2 heterocycles. The predicted octanol–water partition coefficient (Wildman–Crippen LogP) is 5.54. The highest BCUT2D eigenvalue weighted by atomic mass is 19.1. The fourth-order valence-corrected chi connectivity index (χ4v) is 4.09. The largest absolute Gasteiger partial charge is 0.369 e. The lowest BCUT2D eigenvalue weighted by Crippen LogP contribution is -2.44. The molecule has 1 N–H and O–H groups in total. The maximum absolute atomic E-state index is 14.3. The van der Waals surface area contributed by atoms with E-state index in [0.717, 1.165) is 54.0 Å². The van der Waals surface area contributed by atoms with Gasteiger partial charge in [0, 0.05) is 60.4 Å². The van der Waals surface area contributed by atoms with E-state index >= 15 is 0 Å². The van der Waals surface area contributed by atoms with Gasteiger partial charge in [-0.1, -0.05) is 24.3 Å². The van der Waals surface area contributed by atoms with Crippen LogP contribution < -0.4 is 10.2 Å². The van der Waals surface area contributed by atoms with E-state index < -0.39 is 0 Å². The summed E-state index contributed by atoms with van der Waals surface area (Å²) in [5.74, 6) is -0.222. The number of fused-ring (bicyclic) bond motifs is 1. The summed E-state index contributed by atoms with van der Waals surface area (Å²) in [5, 5.41) is 4.48. The highest BCUT2D eigenvalue weighted by Gasteiger charge is 2.14. The number of benzene rings is 3. The summed E-state index contributed by atoms with van der Waals surface area (Å²) >= 11 is 0. The van der Waals surface area contributed by atoms with E-state index in [0.29, 0.717) is 5.56 Å².